The topological polar surface area (TPSA) is 17.8 Å². The van der Waals surface area contributed by atoms with Crippen molar-refractivity contribution in [1.29, 1.82) is 0 Å². The lowest BCUT2D eigenvalue weighted by molar-refractivity contribution is 0.500. The Labute approximate surface area is 99.4 Å². The molecule has 0 radical (unpaired) electrons. The third-order valence-corrected chi connectivity index (χ3v) is 4.86. The Hall–Kier alpha value is -0.150. The van der Waals surface area contributed by atoms with E-state index in [0.29, 0.717) is 5.92 Å². The monoisotopic (exact) mass is 242 g/mol. The van der Waals surface area contributed by atoms with Gasteiger partial charge in [-0.25, -0.2) is 4.98 Å². The maximum Gasteiger partial charge on any atom is 0.150 e. The molecule has 1 aromatic rings. The zero-order valence-electron chi connectivity index (χ0n) is 8.71. The molecule has 0 aliphatic carbocycles. The van der Waals surface area contributed by atoms with Gasteiger partial charge in [-0.05, 0) is 31.4 Å². The normalized spacial score (nSPS) is 25.5. The van der Waals surface area contributed by atoms with Gasteiger partial charge in [0.25, 0.3) is 0 Å². The highest BCUT2D eigenvalue weighted by atomic mass is 35.5. The lowest BCUT2D eigenvalue weighted by Gasteiger charge is -2.18. The van der Waals surface area contributed by atoms with E-state index in [9.17, 15) is 0 Å². The number of hydrogen-bond acceptors (Lipinski definition) is 2. The van der Waals surface area contributed by atoms with Crippen molar-refractivity contribution in [1.82, 2.24) is 9.55 Å². The van der Waals surface area contributed by atoms with Crippen molar-refractivity contribution in [3.05, 3.63) is 16.7 Å². The van der Waals surface area contributed by atoms with E-state index in [4.69, 9.17) is 11.6 Å². The molecule has 0 N–H and O–H groups in total. The molecule has 1 unspecified atom stereocenters. The van der Waals surface area contributed by atoms with Crippen molar-refractivity contribution in [3.8, 4) is 0 Å². The molecule has 1 fully saturated rings. The van der Waals surface area contributed by atoms with Gasteiger partial charge in [-0.3, -0.25) is 0 Å². The van der Waals surface area contributed by atoms with Crippen LogP contribution in [0.3, 0.4) is 0 Å². The predicted molar refractivity (Wildman–Crippen MR) is 64.9 cm³/mol. The van der Waals surface area contributed by atoms with E-state index in [-0.39, 0.29) is 0 Å². The Morgan fingerprint density at radius 1 is 1.40 bits per heavy atom. The largest absolute Gasteiger partial charge is 0.330 e. The molecule has 0 aromatic carbocycles. The van der Waals surface area contributed by atoms with Crippen molar-refractivity contribution in [2.75, 3.05) is 11.5 Å². The summed E-state index contributed by atoms with van der Waals surface area (Å²) in [6, 6.07) is 0. The van der Waals surface area contributed by atoms with Crippen molar-refractivity contribution in [2.45, 2.75) is 38.1 Å². The van der Waals surface area contributed by atoms with Crippen LogP contribution in [0.25, 0.3) is 0 Å². The van der Waals surface area contributed by atoms with Crippen LogP contribution in [0.1, 0.15) is 36.7 Å². The van der Waals surface area contributed by atoms with Crippen LogP contribution in [0.5, 0.6) is 0 Å². The van der Waals surface area contributed by atoms with Gasteiger partial charge >= 0.3 is 0 Å². The minimum atomic E-state index is 0.652. The molecule has 0 spiro atoms. The van der Waals surface area contributed by atoms with Gasteiger partial charge in [0.2, 0.25) is 0 Å². The fourth-order valence-electron chi connectivity index (χ4n) is 2.57. The Balaban J connectivity index is 1.99. The summed E-state index contributed by atoms with van der Waals surface area (Å²) in [5, 5.41) is 0.765. The molecule has 0 saturated carbocycles. The Morgan fingerprint density at radius 3 is 3.13 bits per heavy atom. The standard InChI is InChI=1S/C11H15ClN2S/c12-10-9-3-1-2-5-14(9)11(13-10)8-4-6-15-7-8/h8H,1-7H2. The number of aromatic nitrogens is 2. The van der Waals surface area contributed by atoms with E-state index in [0.717, 1.165) is 18.1 Å². The van der Waals surface area contributed by atoms with Crippen molar-refractivity contribution in [2.24, 2.45) is 0 Å². The van der Waals surface area contributed by atoms with E-state index in [2.05, 4.69) is 9.55 Å². The van der Waals surface area contributed by atoms with Crippen molar-refractivity contribution in [3.63, 3.8) is 0 Å². The summed E-state index contributed by atoms with van der Waals surface area (Å²) in [5.74, 6) is 4.43. The molecule has 0 amide bonds. The summed E-state index contributed by atoms with van der Waals surface area (Å²) in [5.41, 5.74) is 1.29. The van der Waals surface area contributed by atoms with Gasteiger partial charge in [-0.1, -0.05) is 11.6 Å². The summed E-state index contributed by atoms with van der Waals surface area (Å²) >= 11 is 8.24. The van der Waals surface area contributed by atoms with E-state index < -0.39 is 0 Å². The van der Waals surface area contributed by atoms with E-state index in [1.165, 1.54) is 42.3 Å². The van der Waals surface area contributed by atoms with Gasteiger partial charge in [-0.2, -0.15) is 11.8 Å². The zero-order valence-corrected chi connectivity index (χ0v) is 10.3. The van der Waals surface area contributed by atoms with Gasteiger partial charge in [0.1, 0.15) is 5.82 Å². The van der Waals surface area contributed by atoms with Crippen molar-refractivity contribution < 1.29 is 0 Å². The summed E-state index contributed by atoms with van der Waals surface area (Å²) in [6.07, 6.45) is 4.94. The molecule has 2 aliphatic rings. The maximum atomic E-state index is 6.20. The second kappa shape index (κ2) is 4.02. The van der Waals surface area contributed by atoms with Crippen LogP contribution in [-0.4, -0.2) is 21.1 Å². The van der Waals surface area contributed by atoms with Crippen LogP contribution < -0.4 is 0 Å². The minimum absolute atomic E-state index is 0.652. The first-order valence-electron chi connectivity index (χ1n) is 5.69. The highest BCUT2D eigenvalue weighted by Crippen LogP contribution is 2.35. The quantitative estimate of drug-likeness (QED) is 0.753. The fourth-order valence-corrected chi connectivity index (χ4v) is 4.08. The maximum absolute atomic E-state index is 6.20. The van der Waals surface area contributed by atoms with Gasteiger partial charge < -0.3 is 4.57 Å². The second-order valence-electron chi connectivity index (χ2n) is 4.38. The first-order valence-corrected chi connectivity index (χ1v) is 7.22. The molecule has 1 saturated heterocycles. The van der Waals surface area contributed by atoms with Crippen LogP contribution in [0, 0.1) is 0 Å². The summed E-state index contributed by atoms with van der Waals surface area (Å²) in [6.45, 7) is 1.13. The lowest BCUT2D eigenvalue weighted by Crippen LogP contribution is -2.15. The Bertz CT molecular complexity index is 369. The molecular formula is C11H15ClN2S. The number of nitrogens with zero attached hydrogens (tertiary/aromatic N) is 2. The smallest absolute Gasteiger partial charge is 0.150 e. The zero-order chi connectivity index (χ0) is 10.3. The minimum Gasteiger partial charge on any atom is -0.330 e. The molecule has 0 bridgehead atoms. The summed E-state index contributed by atoms with van der Waals surface area (Å²) < 4.78 is 2.39. The van der Waals surface area contributed by atoms with E-state index in [1.807, 2.05) is 11.8 Å². The molecule has 15 heavy (non-hydrogen) atoms. The first kappa shape index (κ1) is 10.0. The van der Waals surface area contributed by atoms with E-state index in [1.54, 1.807) is 0 Å². The molecular weight excluding hydrogens is 228 g/mol. The van der Waals surface area contributed by atoms with Crippen LogP contribution in [0.2, 0.25) is 5.15 Å². The number of halogens is 1. The number of imidazole rings is 1. The molecule has 82 valence electrons. The van der Waals surface area contributed by atoms with Crippen LogP contribution in [0.4, 0.5) is 0 Å². The highest BCUT2D eigenvalue weighted by molar-refractivity contribution is 7.99. The number of thioether (sulfide) groups is 1. The molecule has 4 heteroatoms. The van der Waals surface area contributed by atoms with Crippen molar-refractivity contribution >= 4 is 23.4 Å². The average Bonchev–Trinajstić information content (AvgIpc) is 2.87. The summed E-state index contributed by atoms with van der Waals surface area (Å²) in [4.78, 5) is 4.59. The van der Waals surface area contributed by atoms with Gasteiger partial charge in [-0.15, -0.1) is 0 Å². The van der Waals surface area contributed by atoms with E-state index >= 15 is 0 Å². The number of rotatable bonds is 1. The lowest BCUT2D eigenvalue weighted by atomic mass is 10.1. The van der Waals surface area contributed by atoms with Gasteiger partial charge in [0, 0.05) is 18.2 Å². The van der Waals surface area contributed by atoms with Gasteiger partial charge in [0.15, 0.2) is 5.15 Å². The van der Waals surface area contributed by atoms with Crippen LogP contribution in [-0.2, 0) is 13.0 Å². The van der Waals surface area contributed by atoms with Crippen LogP contribution >= 0.6 is 23.4 Å². The molecule has 3 rings (SSSR count). The summed E-state index contributed by atoms with van der Waals surface area (Å²) in [7, 11) is 0. The first-order chi connectivity index (χ1) is 7.36. The molecule has 1 atom stereocenters. The van der Waals surface area contributed by atoms with Crippen LogP contribution in [0.15, 0.2) is 0 Å². The number of hydrogen-bond donors (Lipinski definition) is 0. The Morgan fingerprint density at radius 2 is 2.33 bits per heavy atom. The molecule has 2 aliphatic heterocycles. The highest BCUT2D eigenvalue weighted by Gasteiger charge is 2.26. The molecule has 3 heterocycles. The number of fused-ring (bicyclic) bond motifs is 1. The Kier molecular flexibility index (Phi) is 2.69. The molecule has 2 nitrogen and oxygen atoms in total. The third-order valence-electron chi connectivity index (χ3n) is 3.39. The molecule has 1 aromatic heterocycles. The third kappa shape index (κ3) is 1.70. The fraction of sp³-hybridized carbons (Fsp3) is 0.727. The average molecular weight is 243 g/mol. The second-order valence-corrected chi connectivity index (χ2v) is 5.88. The van der Waals surface area contributed by atoms with Gasteiger partial charge in [0.05, 0.1) is 5.69 Å². The SMILES string of the molecule is Clc1nc(C2CCSC2)n2c1CCCC2. The predicted octanol–water partition coefficient (Wildman–Crippen LogP) is 3.09.